The number of benzene rings is 1. The summed E-state index contributed by atoms with van der Waals surface area (Å²) in [6, 6.07) is 3.57. The number of hydrogen-bond acceptors (Lipinski definition) is 9. The highest BCUT2D eigenvalue weighted by Gasteiger charge is 2.31. The predicted octanol–water partition coefficient (Wildman–Crippen LogP) is 3.11. The number of likely N-dealkylation sites (N-methyl/N-ethyl adjacent to an activating group) is 1. The Morgan fingerprint density at radius 3 is 2.30 bits per heavy atom. The fraction of sp³-hybridized carbons (Fsp3) is 0.294. The Balaban J connectivity index is 1.95. The molecule has 0 saturated carbocycles. The zero-order chi connectivity index (χ0) is 19.6. The van der Waals surface area contributed by atoms with Crippen LogP contribution in [0.15, 0.2) is 22.0 Å². The Labute approximate surface area is 164 Å². The number of aryl methyl sites for hydroxylation is 1. The summed E-state index contributed by atoms with van der Waals surface area (Å²) in [6.45, 7) is 1.85. The maximum atomic E-state index is 12.6. The molecule has 0 radical (unpaired) electrons. The number of aliphatic imine (C=N–C) groups is 1. The highest BCUT2D eigenvalue weighted by atomic mass is 32.2. The van der Waals surface area contributed by atoms with Crippen molar-refractivity contribution in [2.75, 3.05) is 28.4 Å². The van der Waals surface area contributed by atoms with E-state index in [4.69, 9.17) is 14.2 Å². The molecule has 0 atom stereocenters. The second kappa shape index (κ2) is 7.97. The van der Waals surface area contributed by atoms with Crippen LogP contribution in [0.1, 0.15) is 10.6 Å². The van der Waals surface area contributed by atoms with Crippen LogP contribution in [0.3, 0.4) is 0 Å². The smallest absolute Gasteiger partial charge is 0.266 e. The van der Waals surface area contributed by atoms with Crippen molar-refractivity contribution in [2.24, 2.45) is 4.99 Å². The SMILES string of the molecule is COc1cc(/C=C2\S/C(=N/c3nnc(C)s3)N(C)C2=O)cc(OC)c1OC. The molecule has 1 aliphatic heterocycles. The first kappa shape index (κ1) is 19.2. The molecule has 27 heavy (non-hydrogen) atoms. The van der Waals surface area contributed by atoms with Gasteiger partial charge in [-0.25, -0.2) is 0 Å². The number of nitrogens with zero attached hydrogens (tertiary/aromatic N) is 4. The molecule has 1 aliphatic rings. The summed E-state index contributed by atoms with van der Waals surface area (Å²) < 4.78 is 16.0. The van der Waals surface area contributed by atoms with E-state index in [1.807, 2.05) is 6.92 Å². The number of carbonyl (C=O) groups is 1. The Kier molecular flexibility index (Phi) is 5.66. The van der Waals surface area contributed by atoms with Crippen LogP contribution in [-0.4, -0.2) is 54.5 Å². The molecule has 1 aromatic carbocycles. The van der Waals surface area contributed by atoms with Crippen molar-refractivity contribution in [3.8, 4) is 17.2 Å². The van der Waals surface area contributed by atoms with Gasteiger partial charge < -0.3 is 14.2 Å². The molecule has 0 aliphatic carbocycles. The molecule has 0 bridgehead atoms. The molecule has 0 N–H and O–H groups in total. The summed E-state index contributed by atoms with van der Waals surface area (Å²) in [6.07, 6.45) is 1.77. The van der Waals surface area contributed by atoms with Crippen molar-refractivity contribution < 1.29 is 19.0 Å². The molecule has 2 aromatic rings. The summed E-state index contributed by atoms with van der Waals surface area (Å²) >= 11 is 2.65. The van der Waals surface area contributed by atoms with Crippen LogP contribution in [-0.2, 0) is 4.79 Å². The number of methoxy groups -OCH3 is 3. The molecule has 8 nitrogen and oxygen atoms in total. The molecule has 0 spiro atoms. The van der Waals surface area contributed by atoms with Crippen molar-refractivity contribution in [1.82, 2.24) is 15.1 Å². The fourth-order valence-corrected chi connectivity index (χ4v) is 3.99. The van der Waals surface area contributed by atoms with E-state index in [1.54, 1.807) is 46.6 Å². The molecule has 1 saturated heterocycles. The topological polar surface area (TPSA) is 86.1 Å². The molecule has 10 heteroatoms. The summed E-state index contributed by atoms with van der Waals surface area (Å²) in [7, 11) is 6.32. The Morgan fingerprint density at radius 2 is 1.78 bits per heavy atom. The van der Waals surface area contributed by atoms with Crippen molar-refractivity contribution in [2.45, 2.75) is 6.92 Å². The molecule has 142 valence electrons. The van der Waals surface area contributed by atoms with E-state index < -0.39 is 0 Å². The zero-order valence-electron chi connectivity index (χ0n) is 15.5. The van der Waals surface area contributed by atoms with Crippen molar-refractivity contribution in [3.63, 3.8) is 0 Å². The molecular weight excluding hydrogens is 388 g/mol. The first-order valence-electron chi connectivity index (χ1n) is 7.83. The lowest BCUT2D eigenvalue weighted by Gasteiger charge is -2.13. The van der Waals surface area contributed by atoms with Gasteiger partial charge in [-0.15, -0.1) is 10.2 Å². The minimum atomic E-state index is -0.145. The number of thioether (sulfide) groups is 1. The zero-order valence-corrected chi connectivity index (χ0v) is 17.1. The quantitative estimate of drug-likeness (QED) is 0.705. The lowest BCUT2D eigenvalue weighted by molar-refractivity contribution is -0.121. The summed E-state index contributed by atoms with van der Waals surface area (Å²) in [5.74, 6) is 1.39. The van der Waals surface area contributed by atoms with Gasteiger partial charge in [0.1, 0.15) is 5.01 Å². The predicted molar refractivity (Wildman–Crippen MR) is 106 cm³/mol. The van der Waals surface area contributed by atoms with E-state index in [9.17, 15) is 4.79 Å². The Morgan fingerprint density at radius 1 is 1.11 bits per heavy atom. The van der Waals surface area contributed by atoms with Crippen LogP contribution in [0, 0.1) is 6.92 Å². The average molecular weight is 406 g/mol. The lowest BCUT2D eigenvalue weighted by Crippen LogP contribution is -2.23. The number of amides is 1. The number of ether oxygens (including phenoxy) is 3. The Bertz CT molecular complexity index is 914. The Hall–Kier alpha value is -2.59. The van der Waals surface area contributed by atoms with E-state index >= 15 is 0 Å². The van der Waals surface area contributed by atoms with Gasteiger partial charge in [0.25, 0.3) is 5.91 Å². The third kappa shape index (κ3) is 3.91. The minimum Gasteiger partial charge on any atom is -0.493 e. The van der Waals surface area contributed by atoms with E-state index in [1.165, 1.54) is 28.0 Å². The van der Waals surface area contributed by atoms with Crippen LogP contribution in [0.25, 0.3) is 6.08 Å². The van der Waals surface area contributed by atoms with Crippen LogP contribution in [0.5, 0.6) is 17.2 Å². The van der Waals surface area contributed by atoms with Gasteiger partial charge in [0.2, 0.25) is 10.9 Å². The second-order valence-electron chi connectivity index (χ2n) is 5.43. The van der Waals surface area contributed by atoms with E-state index in [-0.39, 0.29) is 5.91 Å². The molecule has 0 unspecified atom stereocenters. The van der Waals surface area contributed by atoms with Gasteiger partial charge in [0.05, 0.1) is 26.2 Å². The third-order valence-corrected chi connectivity index (χ3v) is 5.49. The van der Waals surface area contributed by atoms with Crippen LogP contribution in [0.2, 0.25) is 0 Å². The fourth-order valence-electron chi connectivity index (χ4n) is 2.40. The van der Waals surface area contributed by atoms with Crippen molar-refractivity contribution >= 4 is 45.4 Å². The largest absolute Gasteiger partial charge is 0.493 e. The van der Waals surface area contributed by atoms with Gasteiger partial charge >= 0.3 is 0 Å². The second-order valence-corrected chi connectivity index (χ2v) is 7.60. The average Bonchev–Trinajstić information content (AvgIpc) is 3.19. The van der Waals surface area contributed by atoms with Gasteiger partial charge in [-0.2, -0.15) is 4.99 Å². The van der Waals surface area contributed by atoms with E-state index in [2.05, 4.69) is 15.2 Å². The van der Waals surface area contributed by atoms with Crippen LogP contribution >= 0.6 is 23.1 Å². The van der Waals surface area contributed by atoms with Gasteiger partial charge in [0, 0.05) is 7.05 Å². The summed E-state index contributed by atoms with van der Waals surface area (Å²) in [5.41, 5.74) is 0.752. The number of carbonyl (C=O) groups excluding carboxylic acids is 1. The number of aromatic nitrogens is 2. The molecular formula is C17H18N4O4S2. The van der Waals surface area contributed by atoms with Crippen molar-refractivity contribution in [3.05, 3.63) is 27.6 Å². The minimum absolute atomic E-state index is 0.145. The van der Waals surface area contributed by atoms with E-state index in [0.717, 1.165) is 10.6 Å². The summed E-state index contributed by atoms with van der Waals surface area (Å²) in [4.78, 5) is 19.0. The highest BCUT2D eigenvalue weighted by Crippen LogP contribution is 2.40. The molecule has 1 amide bonds. The van der Waals surface area contributed by atoms with Gasteiger partial charge in [-0.1, -0.05) is 11.3 Å². The van der Waals surface area contributed by atoms with E-state index in [0.29, 0.717) is 32.5 Å². The first-order chi connectivity index (χ1) is 13.0. The van der Waals surface area contributed by atoms with Crippen molar-refractivity contribution in [1.29, 1.82) is 0 Å². The maximum absolute atomic E-state index is 12.6. The lowest BCUT2D eigenvalue weighted by atomic mass is 10.1. The normalized spacial score (nSPS) is 17.1. The number of hydrogen-bond donors (Lipinski definition) is 0. The van der Waals surface area contributed by atoms with Gasteiger partial charge in [0.15, 0.2) is 16.7 Å². The van der Waals surface area contributed by atoms with Crippen LogP contribution in [0.4, 0.5) is 5.13 Å². The molecule has 1 fully saturated rings. The molecule has 1 aromatic heterocycles. The standard InChI is InChI=1S/C17H18N4O4S2/c1-9-19-20-16(26-9)18-17-21(2)15(22)13(27-17)8-10-6-11(23-3)14(25-5)12(7-10)24-4/h6-8H,1-5H3/b13-8-,18-17+. The number of rotatable bonds is 5. The van der Waals surface area contributed by atoms with Gasteiger partial charge in [-0.3, -0.25) is 9.69 Å². The van der Waals surface area contributed by atoms with Crippen LogP contribution < -0.4 is 14.2 Å². The first-order valence-corrected chi connectivity index (χ1v) is 9.46. The molecule has 3 rings (SSSR count). The maximum Gasteiger partial charge on any atom is 0.266 e. The highest BCUT2D eigenvalue weighted by molar-refractivity contribution is 8.18. The monoisotopic (exact) mass is 406 g/mol. The summed E-state index contributed by atoms with van der Waals surface area (Å²) in [5, 5.41) is 9.80. The number of amidine groups is 1. The molecule has 2 heterocycles. The third-order valence-electron chi connectivity index (χ3n) is 3.70. The van der Waals surface area contributed by atoms with Gasteiger partial charge in [-0.05, 0) is 42.5 Å².